The van der Waals surface area contributed by atoms with Crippen molar-refractivity contribution in [2.75, 3.05) is 0 Å². The zero-order chi connectivity index (χ0) is 21.2. The number of aromatic nitrogens is 5. The largest absolute Gasteiger partial charge is 0.324 e. The third kappa shape index (κ3) is 3.81. The Bertz CT molecular complexity index is 1340. The maximum absolute atomic E-state index is 6.42. The van der Waals surface area contributed by atoms with E-state index < -0.39 is 0 Å². The van der Waals surface area contributed by atoms with Gasteiger partial charge in [-0.25, -0.2) is 15.0 Å². The van der Waals surface area contributed by atoms with E-state index in [4.69, 9.17) is 20.7 Å². The highest BCUT2D eigenvalue weighted by Crippen LogP contribution is 2.31. The average Bonchev–Trinajstić information content (AvgIpc) is 3.19. The van der Waals surface area contributed by atoms with Gasteiger partial charge in [0.25, 0.3) is 0 Å². The van der Waals surface area contributed by atoms with Gasteiger partial charge in [-0.3, -0.25) is 9.38 Å². The van der Waals surface area contributed by atoms with Crippen LogP contribution in [0.15, 0.2) is 85.2 Å². The van der Waals surface area contributed by atoms with Gasteiger partial charge in [0.05, 0.1) is 11.4 Å². The molecular weight excluding hydrogens is 384 g/mol. The third-order valence-electron chi connectivity index (χ3n) is 5.24. The Morgan fingerprint density at radius 1 is 0.839 bits per heavy atom. The summed E-state index contributed by atoms with van der Waals surface area (Å²) in [7, 11) is 0. The van der Waals surface area contributed by atoms with Gasteiger partial charge in [0, 0.05) is 30.6 Å². The van der Waals surface area contributed by atoms with Crippen LogP contribution in [0.1, 0.15) is 23.1 Å². The molecule has 0 spiro atoms. The lowest BCUT2D eigenvalue weighted by atomic mass is 10.0. The summed E-state index contributed by atoms with van der Waals surface area (Å²) < 4.78 is 2.04. The molecule has 0 saturated heterocycles. The number of benzene rings is 1. The summed E-state index contributed by atoms with van der Waals surface area (Å²) in [4.78, 5) is 18.9. The maximum Gasteiger partial charge on any atom is 0.138 e. The minimum absolute atomic E-state index is 0.170. The van der Waals surface area contributed by atoms with Crippen molar-refractivity contribution in [2.24, 2.45) is 5.73 Å². The van der Waals surface area contributed by atoms with Gasteiger partial charge in [0.15, 0.2) is 0 Å². The van der Waals surface area contributed by atoms with Crippen LogP contribution in [0.5, 0.6) is 0 Å². The van der Waals surface area contributed by atoms with Crippen molar-refractivity contribution in [3.05, 3.63) is 102 Å². The van der Waals surface area contributed by atoms with Gasteiger partial charge < -0.3 is 5.73 Å². The molecule has 0 aliphatic heterocycles. The molecule has 0 unspecified atom stereocenters. The Morgan fingerprint density at radius 2 is 1.68 bits per heavy atom. The predicted octanol–water partition coefficient (Wildman–Crippen LogP) is 4.40. The summed E-state index contributed by atoms with van der Waals surface area (Å²) in [5, 5.41) is 0. The zero-order valence-corrected chi connectivity index (χ0v) is 17.2. The molecule has 31 heavy (non-hydrogen) atoms. The Labute approximate surface area is 180 Å². The fraction of sp³-hybridized carbons (Fsp3) is 0.120. The third-order valence-corrected chi connectivity index (χ3v) is 5.24. The molecule has 2 N–H and O–H groups in total. The lowest BCUT2D eigenvalue weighted by molar-refractivity contribution is 0.687. The lowest BCUT2D eigenvalue weighted by Crippen LogP contribution is -2.15. The molecule has 5 aromatic rings. The monoisotopic (exact) mass is 406 g/mol. The molecule has 152 valence electrons. The predicted molar refractivity (Wildman–Crippen MR) is 121 cm³/mol. The van der Waals surface area contributed by atoms with Crippen molar-refractivity contribution in [3.8, 4) is 22.8 Å². The molecule has 5 rings (SSSR count). The number of hydrogen-bond donors (Lipinski definition) is 1. The van der Waals surface area contributed by atoms with E-state index in [1.807, 2.05) is 90.3 Å². The number of nitrogens with two attached hydrogens (primary N) is 1. The number of imidazole rings is 1. The minimum Gasteiger partial charge on any atom is -0.324 e. The van der Waals surface area contributed by atoms with Crippen molar-refractivity contribution in [1.82, 2.24) is 24.3 Å². The Kier molecular flexibility index (Phi) is 4.98. The molecule has 6 heteroatoms. The topological polar surface area (TPSA) is 82.0 Å². The molecule has 0 amide bonds. The summed E-state index contributed by atoms with van der Waals surface area (Å²) in [6.07, 6.45) is 4.33. The molecule has 1 aromatic carbocycles. The first-order valence-corrected chi connectivity index (χ1v) is 10.2. The van der Waals surface area contributed by atoms with Gasteiger partial charge in [0.2, 0.25) is 0 Å². The summed E-state index contributed by atoms with van der Waals surface area (Å²) in [5.74, 6) is 0.697. The van der Waals surface area contributed by atoms with Crippen LogP contribution in [0.4, 0.5) is 0 Å². The molecule has 0 bridgehead atoms. The number of nitrogens with zero attached hydrogens (tertiary/aromatic N) is 5. The lowest BCUT2D eigenvalue weighted by Gasteiger charge is -2.12. The first kappa shape index (κ1) is 19.1. The fourth-order valence-corrected chi connectivity index (χ4v) is 3.74. The van der Waals surface area contributed by atoms with Crippen LogP contribution in [0.25, 0.3) is 28.4 Å². The van der Waals surface area contributed by atoms with Crippen molar-refractivity contribution < 1.29 is 0 Å². The van der Waals surface area contributed by atoms with Gasteiger partial charge in [-0.05, 0) is 42.8 Å². The van der Waals surface area contributed by atoms with Crippen LogP contribution in [-0.4, -0.2) is 24.3 Å². The van der Waals surface area contributed by atoms with Gasteiger partial charge >= 0.3 is 0 Å². The van der Waals surface area contributed by atoms with Crippen LogP contribution in [-0.2, 0) is 6.42 Å². The fourth-order valence-electron chi connectivity index (χ4n) is 3.74. The molecule has 0 aliphatic rings. The molecule has 4 heterocycles. The molecular formula is C25H22N6. The molecule has 0 aliphatic carbocycles. The van der Waals surface area contributed by atoms with Gasteiger partial charge in [0.1, 0.15) is 22.9 Å². The highest BCUT2D eigenvalue weighted by molar-refractivity contribution is 5.78. The highest BCUT2D eigenvalue weighted by atomic mass is 15.0. The van der Waals surface area contributed by atoms with E-state index in [1.54, 1.807) is 6.20 Å². The zero-order valence-electron chi connectivity index (χ0n) is 17.2. The summed E-state index contributed by atoms with van der Waals surface area (Å²) in [5.41, 5.74) is 12.6. The smallest absolute Gasteiger partial charge is 0.138 e. The Hall–Kier alpha value is -3.90. The minimum atomic E-state index is -0.170. The van der Waals surface area contributed by atoms with Crippen molar-refractivity contribution >= 4 is 5.65 Å². The van der Waals surface area contributed by atoms with E-state index in [9.17, 15) is 0 Å². The Morgan fingerprint density at radius 3 is 2.52 bits per heavy atom. The second-order valence-corrected chi connectivity index (χ2v) is 7.48. The molecule has 0 saturated carbocycles. The van der Waals surface area contributed by atoms with Crippen molar-refractivity contribution in [3.63, 3.8) is 0 Å². The van der Waals surface area contributed by atoms with Crippen molar-refractivity contribution in [2.45, 2.75) is 19.4 Å². The number of rotatable bonds is 5. The number of aryl methyl sites for hydroxylation is 1. The highest BCUT2D eigenvalue weighted by Gasteiger charge is 2.19. The summed E-state index contributed by atoms with van der Waals surface area (Å²) >= 11 is 0. The number of fused-ring (bicyclic) bond motifs is 1. The molecule has 4 aromatic heterocycles. The Balaban J connectivity index is 1.60. The van der Waals surface area contributed by atoms with Gasteiger partial charge in [-0.1, -0.05) is 42.5 Å². The normalized spacial score (nSPS) is 12.2. The second kappa shape index (κ2) is 8.08. The van der Waals surface area contributed by atoms with Gasteiger partial charge in [-0.2, -0.15) is 0 Å². The van der Waals surface area contributed by atoms with Crippen LogP contribution in [0, 0.1) is 6.92 Å². The molecule has 0 radical (unpaired) electrons. The van der Waals surface area contributed by atoms with Crippen LogP contribution < -0.4 is 5.73 Å². The number of pyridine rings is 2. The second-order valence-electron chi connectivity index (χ2n) is 7.48. The molecule has 1 atom stereocenters. The SMILES string of the molecule is Cc1cccc(-c2nc3ccccn3c2-c2ccnc(C[C@@H](N)c3ccccc3)n2)n1. The summed E-state index contributed by atoms with van der Waals surface area (Å²) in [6, 6.07) is 23.7. The van der Waals surface area contributed by atoms with E-state index in [0.29, 0.717) is 12.2 Å². The van der Waals surface area contributed by atoms with E-state index >= 15 is 0 Å². The van der Waals surface area contributed by atoms with E-state index in [2.05, 4.69) is 4.98 Å². The summed E-state index contributed by atoms with van der Waals surface area (Å²) in [6.45, 7) is 1.98. The van der Waals surface area contributed by atoms with Crippen molar-refractivity contribution in [1.29, 1.82) is 0 Å². The van der Waals surface area contributed by atoms with E-state index in [1.165, 1.54) is 0 Å². The molecule has 0 fully saturated rings. The van der Waals surface area contributed by atoms with Gasteiger partial charge in [-0.15, -0.1) is 0 Å². The maximum atomic E-state index is 6.42. The average molecular weight is 406 g/mol. The quantitative estimate of drug-likeness (QED) is 0.468. The van der Waals surface area contributed by atoms with E-state index in [0.717, 1.165) is 39.7 Å². The first-order valence-electron chi connectivity index (χ1n) is 10.2. The van der Waals surface area contributed by atoms with Crippen LogP contribution in [0.2, 0.25) is 0 Å². The van der Waals surface area contributed by atoms with Crippen LogP contribution >= 0.6 is 0 Å². The standard InChI is InChI=1S/C25H22N6/c1-17-8-7-11-20(28-17)24-25(31-15-6-5-12-23(31)30-24)21-13-14-27-22(29-21)16-19(26)18-9-3-2-4-10-18/h2-15,19H,16,26H2,1H3/t19-/m1/s1. The van der Waals surface area contributed by atoms with Crippen LogP contribution in [0.3, 0.4) is 0 Å². The molecule has 6 nitrogen and oxygen atoms in total. The number of hydrogen-bond acceptors (Lipinski definition) is 5. The first-order chi connectivity index (χ1) is 15.2. The van der Waals surface area contributed by atoms with E-state index in [-0.39, 0.29) is 6.04 Å².